The van der Waals surface area contributed by atoms with E-state index in [2.05, 4.69) is 10.1 Å². The third-order valence-corrected chi connectivity index (χ3v) is 2.84. The fourth-order valence-corrected chi connectivity index (χ4v) is 1.83. The molecule has 1 aliphatic heterocycles. The number of ether oxygens (including phenoxy) is 1. The standard InChI is InChI=1S/C12H13NO6/c14-8-4-6(5-9(15)10(8)16)11(17)19-12(18)7-2-1-3-13-7/h4-5,7,13-16H,1-3H2/t7-/m0/s1. The van der Waals surface area contributed by atoms with Crippen LogP contribution in [0.1, 0.15) is 23.2 Å². The lowest BCUT2D eigenvalue weighted by atomic mass is 10.2. The Bertz CT molecular complexity index is 498. The molecular weight excluding hydrogens is 254 g/mol. The molecule has 2 rings (SSSR count). The van der Waals surface area contributed by atoms with E-state index in [1.807, 2.05) is 0 Å². The van der Waals surface area contributed by atoms with Crippen molar-refractivity contribution in [1.29, 1.82) is 0 Å². The molecule has 0 amide bonds. The van der Waals surface area contributed by atoms with Crippen LogP contribution in [-0.2, 0) is 9.53 Å². The van der Waals surface area contributed by atoms with Crippen LogP contribution in [0.2, 0.25) is 0 Å². The molecule has 19 heavy (non-hydrogen) atoms. The molecule has 0 aromatic heterocycles. The first-order chi connectivity index (χ1) is 8.99. The minimum atomic E-state index is -0.996. The smallest absolute Gasteiger partial charge is 0.346 e. The number of nitrogens with one attached hydrogen (secondary N) is 1. The molecule has 0 aliphatic carbocycles. The number of carbonyl (C=O) groups is 2. The van der Waals surface area contributed by atoms with Crippen molar-refractivity contribution in [3.63, 3.8) is 0 Å². The monoisotopic (exact) mass is 267 g/mol. The number of hydrogen-bond acceptors (Lipinski definition) is 7. The van der Waals surface area contributed by atoms with Gasteiger partial charge in [0.1, 0.15) is 6.04 Å². The molecule has 1 fully saturated rings. The van der Waals surface area contributed by atoms with Gasteiger partial charge in [-0.1, -0.05) is 0 Å². The number of aromatic hydroxyl groups is 3. The fraction of sp³-hybridized carbons (Fsp3) is 0.333. The third kappa shape index (κ3) is 2.76. The van der Waals surface area contributed by atoms with Crippen LogP contribution in [0.25, 0.3) is 0 Å². The molecule has 1 aromatic carbocycles. The van der Waals surface area contributed by atoms with Crippen molar-refractivity contribution in [3.05, 3.63) is 17.7 Å². The summed E-state index contributed by atoms with van der Waals surface area (Å²) in [4.78, 5) is 23.2. The van der Waals surface area contributed by atoms with Crippen molar-refractivity contribution in [2.45, 2.75) is 18.9 Å². The number of phenolic OH excluding ortho intramolecular Hbond substituents is 3. The van der Waals surface area contributed by atoms with Gasteiger partial charge >= 0.3 is 11.9 Å². The normalized spacial score (nSPS) is 18.2. The van der Waals surface area contributed by atoms with Gasteiger partial charge in [0, 0.05) is 0 Å². The molecule has 0 radical (unpaired) electrons. The zero-order valence-electron chi connectivity index (χ0n) is 9.92. The molecule has 7 heteroatoms. The van der Waals surface area contributed by atoms with Gasteiger partial charge in [-0.25, -0.2) is 9.59 Å². The maximum Gasteiger partial charge on any atom is 0.346 e. The number of benzene rings is 1. The summed E-state index contributed by atoms with van der Waals surface area (Å²) in [7, 11) is 0. The summed E-state index contributed by atoms with van der Waals surface area (Å²) in [6, 6.07) is 1.31. The van der Waals surface area contributed by atoms with Gasteiger partial charge in [-0.2, -0.15) is 0 Å². The summed E-state index contributed by atoms with van der Waals surface area (Å²) in [5, 5.41) is 30.5. The average molecular weight is 267 g/mol. The van der Waals surface area contributed by atoms with Gasteiger partial charge in [0.2, 0.25) is 0 Å². The molecular formula is C12H13NO6. The van der Waals surface area contributed by atoms with E-state index in [0.717, 1.165) is 18.6 Å². The molecule has 1 aliphatic rings. The van der Waals surface area contributed by atoms with Gasteiger partial charge in [0.25, 0.3) is 0 Å². The van der Waals surface area contributed by atoms with E-state index in [1.54, 1.807) is 0 Å². The minimum absolute atomic E-state index is 0.223. The lowest BCUT2D eigenvalue weighted by Gasteiger charge is -2.09. The van der Waals surface area contributed by atoms with Gasteiger partial charge in [0.05, 0.1) is 5.56 Å². The Morgan fingerprint density at radius 3 is 2.37 bits per heavy atom. The maximum absolute atomic E-state index is 11.7. The molecule has 1 aromatic rings. The Balaban J connectivity index is 2.09. The molecule has 1 saturated heterocycles. The highest BCUT2D eigenvalue weighted by Crippen LogP contribution is 2.35. The van der Waals surface area contributed by atoms with E-state index in [-0.39, 0.29) is 5.56 Å². The SMILES string of the molecule is O=C(OC(=O)[C@@H]1CCCN1)c1cc(O)c(O)c(O)c1. The molecule has 1 atom stereocenters. The van der Waals surface area contributed by atoms with Crippen LogP contribution >= 0.6 is 0 Å². The van der Waals surface area contributed by atoms with Crippen LogP contribution < -0.4 is 5.32 Å². The Morgan fingerprint density at radius 1 is 1.21 bits per heavy atom. The van der Waals surface area contributed by atoms with Gasteiger partial charge < -0.3 is 25.4 Å². The van der Waals surface area contributed by atoms with Gasteiger partial charge in [-0.3, -0.25) is 0 Å². The van der Waals surface area contributed by atoms with Crippen molar-refractivity contribution in [1.82, 2.24) is 5.32 Å². The van der Waals surface area contributed by atoms with E-state index >= 15 is 0 Å². The summed E-state index contributed by atoms with van der Waals surface area (Å²) in [6.45, 7) is 0.689. The lowest BCUT2D eigenvalue weighted by molar-refractivity contribution is -0.139. The number of carbonyl (C=O) groups excluding carboxylic acids is 2. The highest BCUT2D eigenvalue weighted by molar-refractivity contribution is 5.99. The van der Waals surface area contributed by atoms with Crippen LogP contribution in [0.15, 0.2) is 12.1 Å². The van der Waals surface area contributed by atoms with E-state index in [4.69, 9.17) is 5.11 Å². The number of rotatable bonds is 2. The van der Waals surface area contributed by atoms with Crippen molar-refractivity contribution in [2.24, 2.45) is 0 Å². The summed E-state index contributed by atoms with van der Waals surface area (Å²) in [5.74, 6) is -3.77. The number of phenols is 3. The topological polar surface area (TPSA) is 116 Å². The van der Waals surface area contributed by atoms with E-state index in [0.29, 0.717) is 13.0 Å². The Morgan fingerprint density at radius 2 is 1.84 bits per heavy atom. The molecule has 102 valence electrons. The lowest BCUT2D eigenvalue weighted by Crippen LogP contribution is -2.33. The van der Waals surface area contributed by atoms with Crippen molar-refractivity contribution in [3.8, 4) is 17.2 Å². The Labute approximate surface area is 108 Å². The van der Waals surface area contributed by atoms with Crippen LogP contribution in [-0.4, -0.2) is 39.8 Å². The molecule has 0 spiro atoms. The first kappa shape index (κ1) is 13.2. The average Bonchev–Trinajstić information content (AvgIpc) is 2.89. The molecule has 0 bridgehead atoms. The van der Waals surface area contributed by atoms with Gasteiger partial charge in [0.15, 0.2) is 17.2 Å². The fourth-order valence-electron chi connectivity index (χ4n) is 1.83. The van der Waals surface area contributed by atoms with Crippen LogP contribution in [0.3, 0.4) is 0 Å². The Hall–Kier alpha value is -2.28. The second-order valence-corrected chi connectivity index (χ2v) is 4.22. The van der Waals surface area contributed by atoms with Crippen molar-refractivity contribution >= 4 is 11.9 Å². The second kappa shape index (κ2) is 5.15. The number of esters is 2. The predicted octanol–water partition coefficient (Wildman–Crippen LogP) is 0.239. The maximum atomic E-state index is 11.7. The van der Waals surface area contributed by atoms with Gasteiger partial charge in [-0.05, 0) is 31.5 Å². The number of hydrogen-bond donors (Lipinski definition) is 4. The van der Waals surface area contributed by atoms with E-state index in [9.17, 15) is 19.8 Å². The quantitative estimate of drug-likeness (QED) is 0.344. The first-order valence-electron chi connectivity index (χ1n) is 5.73. The molecule has 7 nitrogen and oxygen atoms in total. The zero-order valence-corrected chi connectivity index (χ0v) is 9.92. The molecule has 0 saturated carbocycles. The van der Waals surface area contributed by atoms with Crippen LogP contribution in [0.4, 0.5) is 0 Å². The predicted molar refractivity (Wildman–Crippen MR) is 62.9 cm³/mol. The minimum Gasteiger partial charge on any atom is -0.504 e. The van der Waals surface area contributed by atoms with Crippen molar-refractivity contribution < 1.29 is 29.6 Å². The van der Waals surface area contributed by atoms with E-state index < -0.39 is 35.2 Å². The molecule has 0 unspecified atom stereocenters. The van der Waals surface area contributed by atoms with Gasteiger partial charge in [-0.15, -0.1) is 0 Å². The van der Waals surface area contributed by atoms with Crippen LogP contribution in [0.5, 0.6) is 17.2 Å². The van der Waals surface area contributed by atoms with E-state index in [1.165, 1.54) is 0 Å². The second-order valence-electron chi connectivity index (χ2n) is 4.22. The summed E-state index contributed by atoms with van der Waals surface area (Å²) in [6.07, 6.45) is 1.42. The summed E-state index contributed by atoms with van der Waals surface area (Å²) < 4.78 is 4.63. The van der Waals surface area contributed by atoms with Crippen LogP contribution in [0, 0.1) is 0 Å². The third-order valence-electron chi connectivity index (χ3n) is 2.84. The molecule has 1 heterocycles. The summed E-state index contributed by atoms with van der Waals surface area (Å²) in [5.41, 5.74) is -0.223. The largest absolute Gasteiger partial charge is 0.504 e. The molecule has 4 N–H and O–H groups in total. The first-order valence-corrected chi connectivity index (χ1v) is 5.73. The highest BCUT2D eigenvalue weighted by atomic mass is 16.6. The Kier molecular flexibility index (Phi) is 3.57. The van der Waals surface area contributed by atoms with Crippen molar-refractivity contribution in [2.75, 3.05) is 6.54 Å². The zero-order chi connectivity index (χ0) is 14.0. The summed E-state index contributed by atoms with van der Waals surface area (Å²) >= 11 is 0. The highest BCUT2D eigenvalue weighted by Gasteiger charge is 2.26.